The predicted octanol–water partition coefficient (Wildman–Crippen LogP) is 2.65. The van der Waals surface area contributed by atoms with Crippen LogP contribution in [0.4, 0.5) is 0 Å². The quantitative estimate of drug-likeness (QED) is 0.500. The maximum Gasteiger partial charge on any atom is 0.294 e. The lowest BCUT2D eigenvalue weighted by atomic mass is 10.2. The van der Waals surface area contributed by atoms with Gasteiger partial charge in [0.05, 0.1) is 12.9 Å². The summed E-state index contributed by atoms with van der Waals surface area (Å²) in [6, 6.07) is 9.16. The Kier molecular flexibility index (Phi) is 6.45. The monoisotopic (exact) mass is 456 g/mol. The Labute approximate surface area is 189 Å². The summed E-state index contributed by atoms with van der Waals surface area (Å²) >= 11 is 1.30. The third kappa shape index (κ3) is 4.33. The van der Waals surface area contributed by atoms with E-state index in [-0.39, 0.29) is 23.3 Å². The maximum absolute atomic E-state index is 12.9. The fourth-order valence-electron chi connectivity index (χ4n) is 3.52. The van der Waals surface area contributed by atoms with E-state index in [4.69, 9.17) is 9.26 Å². The van der Waals surface area contributed by atoms with Crippen LogP contribution >= 0.6 is 11.8 Å². The predicted molar refractivity (Wildman–Crippen MR) is 117 cm³/mol. The highest BCUT2D eigenvalue weighted by atomic mass is 32.2. The summed E-state index contributed by atoms with van der Waals surface area (Å²) in [5, 5.41) is 15.9. The summed E-state index contributed by atoms with van der Waals surface area (Å²) in [5.74, 6) is 1.68. The molecule has 0 unspecified atom stereocenters. The summed E-state index contributed by atoms with van der Waals surface area (Å²) in [7, 11) is 1.62. The molecule has 168 valence electrons. The van der Waals surface area contributed by atoms with Crippen molar-refractivity contribution in [3.8, 4) is 17.1 Å². The van der Waals surface area contributed by atoms with Crippen molar-refractivity contribution in [2.45, 2.75) is 32.0 Å². The van der Waals surface area contributed by atoms with Gasteiger partial charge in [-0.05, 0) is 44.5 Å². The number of hydrogen-bond acceptors (Lipinski definition) is 8. The van der Waals surface area contributed by atoms with Crippen molar-refractivity contribution in [2.75, 3.05) is 26.0 Å². The molecule has 1 aromatic carbocycles. The van der Waals surface area contributed by atoms with E-state index in [1.54, 1.807) is 20.1 Å². The second-order valence-corrected chi connectivity index (χ2v) is 8.13. The molecule has 0 N–H and O–H groups in total. The van der Waals surface area contributed by atoms with Crippen LogP contribution in [0.2, 0.25) is 0 Å². The molecule has 3 aromatic rings. The maximum atomic E-state index is 12.9. The van der Waals surface area contributed by atoms with E-state index in [1.165, 1.54) is 21.8 Å². The van der Waals surface area contributed by atoms with Crippen molar-refractivity contribution in [1.82, 2.24) is 29.9 Å². The topological polar surface area (TPSA) is 107 Å². The van der Waals surface area contributed by atoms with Crippen LogP contribution in [0.25, 0.3) is 11.4 Å². The lowest BCUT2D eigenvalue weighted by Crippen LogP contribution is -2.45. The van der Waals surface area contributed by atoms with Gasteiger partial charge in [-0.2, -0.15) is 0 Å². The first-order valence-corrected chi connectivity index (χ1v) is 11.3. The fourth-order valence-corrected chi connectivity index (χ4v) is 4.39. The Balaban J connectivity index is 1.44. The molecule has 3 heterocycles. The van der Waals surface area contributed by atoms with Crippen molar-refractivity contribution in [3.63, 3.8) is 0 Å². The molecule has 11 heteroatoms. The summed E-state index contributed by atoms with van der Waals surface area (Å²) < 4.78 is 12.2. The van der Waals surface area contributed by atoms with Crippen LogP contribution in [0.1, 0.15) is 29.6 Å². The first kappa shape index (κ1) is 21.9. The average molecular weight is 457 g/mol. The third-order valence-corrected chi connectivity index (χ3v) is 6.06. The minimum Gasteiger partial charge on any atom is -0.497 e. The zero-order valence-electron chi connectivity index (χ0n) is 18.1. The van der Waals surface area contributed by atoms with Gasteiger partial charge < -0.3 is 13.8 Å². The highest BCUT2D eigenvalue weighted by Gasteiger charge is 2.32. The number of ether oxygens (including phenoxy) is 1. The molecular weight excluding hydrogens is 432 g/mol. The van der Waals surface area contributed by atoms with E-state index >= 15 is 0 Å². The summed E-state index contributed by atoms with van der Waals surface area (Å²) in [4.78, 5) is 25.6. The van der Waals surface area contributed by atoms with Crippen molar-refractivity contribution < 1.29 is 18.8 Å². The van der Waals surface area contributed by atoms with Gasteiger partial charge in [-0.25, -0.2) is 5.01 Å². The summed E-state index contributed by atoms with van der Waals surface area (Å²) in [6.07, 6.45) is 0.714. The van der Waals surface area contributed by atoms with Gasteiger partial charge in [0.2, 0.25) is 0 Å². The van der Waals surface area contributed by atoms with Gasteiger partial charge in [-0.3, -0.25) is 14.6 Å². The third-order valence-electron chi connectivity index (χ3n) is 5.11. The van der Waals surface area contributed by atoms with Gasteiger partial charge in [0, 0.05) is 31.3 Å². The Morgan fingerprint density at radius 1 is 1.16 bits per heavy atom. The van der Waals surface area contributed by atoms with Crippen LogP contribution in [0, 0.1) is 6.92 Å². The van der Waals surface area contributed by atoms with E-state index in [2.05, 4.69) is 15.4 Å². The zero-order chi connectivity index (χ0) is 22.7. The normalized spacial score (nSPS) is 13.6. The van der Waals surface area contributed by atoms with Crippen LogP contribution in [-0.2, 0) is 11.3 Å². The van der Waals surface area contributed by atoms with Crippen molar-refractivity contribution >= 4 is 23.6 Å². The number of carbonyl (C=O) groups is 2. The van der Waals surface area contributed by atoms with Crippen LogP contribution < -0.4 is 4.74 Å². The molecule has 2 amide bonds. The Morgan fingerprint density at radius 3 is 2.56 bits per heavy atom. The molecule has 0 bridgehead atoms. The Morgan fingerprint density at radius 2 is 1.91 bits per heavy atom. The van der Waals surface area contributed by atoms with E-state index in [0.29, 0.717) is 37.0 Å². The number of aryl methyl sites for hydroxylation is 1. The van der Waals surface area contributed by atoms with Gasteiger partial charge in [0.1, 0.15) is 11.5 Å². The highest BCUT2D eigenvalue weighted by molar-refractivity contribution is 7.99. The van der Waals surface area contributed by atoms with Crippen molar-refractivity contribution in [1.29, 1.82) is 0 Å². The number of methoxy groups -OCH3 is 1. The number of hydrazine groups is 1. The van der Waals surface area contributed by atoms with Gasteiger partial charge >= 0.3 is 0 Å². The molecule has 0 spiro atoms. The molecule has 1 saturated heterocycles. The van der Waals surface area contributed by atoms with Crippen molar-refractivity contribution in [3.05, 3.63) is 41.8 Å². The molecule has 32 heavy (non-hydrogen) atoms. The summed E-state index contributed by atoms with van der Waals surface area (Å²) in [6.45, 7) is 5.33. The smallest absolute Gasteiger partial charge is 0.294 e. The number of amides is 2. The molecule has 0 aliphatic carbocycles. The molecular formula is C21H24N6O4S. The number of aromatic nitrogens is 4. The minimum atomic E-state index is -0.337. The number of thioether (sulfide) groups is 1. The van der Waals surface area contributed by atoms with Gasteiger partial charge in [0.25, 0.3) is 11.8 Å². The van der Waals surface area contributed by atoms with Crippen molar-refractivity contribution in [2.24, 2.45) is 0 Å². The number of benzene rings is 1. The molecule has 0 saturated carbocycles. The lowest BCUT2D eigenvalue weighted by molar-refractivity contribution is -0.137. The average Bonchev–Trinajstić information content (AvgIpc) is 3.56. The number of nitrogens with zero attached hydrogens (tertiary/aromatic N) is 6. The largest absolute Gasteiger partial charge is 0.497 e. The van der Waals surface area contributed by atoms with E-state index < -0.39 is 0 Å². The number of rotatable bonds is 7. The van der Waals surface area contributed by atoms with E-state index in [1.807, 2.05) is 35.8 Å². The molecule has 0 atom stereocenters. The second kappa shape index (κ2) is 9.43. The number of hydrogen-bond donors (Lipinski definition) is 0. The summed E-state index contributed by atoms with van der Waals surface area (Å²) in [5.41, 5.74) is 1.11. The van der Waals surface area contributed by atoms with E-state index in [9.17, 15) is 9.59 Å². The van der Waals surface area contributed by atoms with Gasteiger partial charge in [-0.15, -0.1) is 10.2 Å². The SMILES string of the molecule is CCn1c(SCC(=O)N2CCCN2C(=O)c2cc(C)on2)nnc1-c1ccc(OC)cc1. The fraction of sp³-hybridized carbons (Fsp3) is 0.381. The zero-order valence-corrected chi connectivity index (χ0v) is 19.0. The molecule has 1 aliphatic rings. The molecule has 1 fully saturated rings. The van der Waals surface area contributed by atoms with Crippen LogP contribution in [0.3, 0.4) is 0 Å². The highest BCUT2D eigenvalue weighted by Crippen LogP contribution is 2.26. The Hall–Kier alpha value is -3.34. The molecule has 1 aliphatic heterocycles. The lowest BCUT2D eigenvalue weighted by Gasteiger charge is -2.26. The molecule has 4 rings (SSSR count). The first-order chi connectivity index (χ1) is 15.5. The standard InChI is InChI=1S/C21H24N6O4S/c1-4-25-19(15-6-8-16(30-3)9-7-15)22-23-21(25)32-13-18(28)26-10-5-11-27(26)20(29)17-12-14(2)31-24-17/h6-9,12H,4-5,10-11,13H2,1-3H3. The molecule has 0 radical (unpaired) electrons. The van der Waals surface area contributed by atoms with Gasteiger partial charge in [0.15, 0.2) is 16.7 Å². The Bertz CT molecular complexity index is 1110. The molecule has 10 nitrogen and oxygen atoms in total. The van der Waals surface area contributed by atoms with Gasteiger partial charge in [-0.1, -0.05) is 16.9 Å². The molecule has 2 aromatic heterocycles. The van der Waals surface area contributed by atoms with E-state index in [0.717, 1.165) is 17.1 Å². The van der Waals surface area contributed by atoms with Crippen LogP contribution in [-0.4, -0.2) is 67.7 Å². The second-order valence-electron chi connectivity index (χ2n) is 7.19. The number of carbonyl (C=O) groups excluding carboxylic acids is 2. The van der Waals surface area contributed by atoms with Crippen LogP contribution in [0.5, 0.6) is 5.75 Å². The first-order valence-electron chi connectivity index (χ1n) is 10.3. The minimum absolute atomic E-state index is 0.141. The van der Waals surface area contributed by atoms with Crippen LogP contribution in [0.15, 0.2) is 40.0 Å².